The van der Waals surface area contributed by atoms with Gasteiger partial charge in [-0.25, -0.2) is 0 Å². The van der Waals surface area contributed by atoms with E-state index in [1.165, 1.54) is 7.05 Å². The summed E-state index contributed by atoms with van der Waals surface area (Å²) in [4.78, 5) is 21.8. The Bertz CT molecular complexity index is 547. The minimum Gasteiger partial charge on any atom is -0.354 e. The highest BCUT2D eigenvalue weighted by atomic mass is 16.1. The third kappa shape index (κ3) is 1.60. The number of H-pyrrole nitrogens is 1. The van der Waals surface area contributed by atoms with Gasteiger partial charge in [0.1, 0.15) is 0 Å². The van der Waals surface area contributed by atoms with Gasteiger partial charge in [0, 0.05) is 18.1 Å². The molecule has 2 amide bonds. The van der Waals surface area contributed by atoms with E-state index in [2.05, 4.69) is 20.8 Å². The molecular formula is C10H10N4O2. The van der Waals surface area contributed by atoms with Gasteiger partial charge in [-0.1, -0.05) is 0 Å². The molecule has 0 saturated carbocycles. The molecule has 0 fully saturated rings. The Morgan fingerprint density at radius 3 is 3.00 bits per heavy atom. The third-order valence-corrected chi connectivity index (χ3v) is 2.23. The molecule has 0 spiro atoms. The van der Waals surface area contributed by atoms with Crippen molar-refractivity contribution < 1.29 is 9.59 Å². The second kappa shape index (κ2) is 4.01. The van der Waals surface area contributed by atoms with E-state index in [4.69, 9.17) is 0 Å². The van der Waals surface area contributed by atoms with E-state index >= 15 is 0 Å². The number of benzene rings is 1. The number of rotatable bonds is 3. The summed E-state index contributed by atoms with van der Waals surface area (Å²) in [5.74, 6) is -0.269. The highest BCUT2D eigenvalue weighted by molar-refractivity contribution is 6.05. The van der Waals surface area contributed by atoms with E-state index in [0.29, 0.717) is 23.2 Å². The van der Waals surface area contributed by atoms with E-state index in [-0.39, 0.29) is 5.91 Å². The fraction of sp³-hybridized carbons (Fsp3) is 0.100. The quantitative estimate of drug-likeness (QED) is 0.655. The van der Waals surface area contributed by atoms with Crippen LogP contribution in [0.2, 0.25) is 0 Å². The molecule has 2 rings (SSSR count). The number of nitrogens with one attached hydrogen (secondary N) is 3. The summed E-state index contributed by atoms with van der Waals surface area (Å²) in [5.41, 5.74) is 1.68. The highest BCUT2D eigenvalue weighted by Crippen LogP contribution is 2.20. The molecule has 6 heteroatoms. The molecule has 2 aromatic rings. The van der Waals surface area contributed by atoms with Crippen molar-refractivity contribution in [3.63, 3.8) is 0 Å². The lowest BCUT2D eigenvalue weighted by molar-refractivity contribution is -0.105. The summed E-state index contributed by atoms with van der Waals surface area (Å²) < 4.78 is 0. The standard InChI is InChI=1S/C10H10N4O2/c1-11-10(16)9-7-4-6(12-5-15)2-3-8(7)13-14-9/h2-5H,1H3,(H,11,16)(H,12,15)(H,13,14). The molecule has 0 radical (unpaired) electrons. The second-order valence-corrected chi connectivity index (χ2v) is 3.17. The summed E-state index contributed by atoms with van der Waals surface area (Å²) in [5, 5.41) is 12.4. The second-order valence-electron chi connectivity index (χ2n) is 3.17. The van der Waals surface area contributed by atoms with Crippen LogP contribution in [0.1, 0.15) is 10.5 Å². The van der Waals surface area contributed by atoms with Crippen LogP contribution in [0.4, 0.5) is 5.69 Å². The van der Waals surface area contributed by atoms with Crippen LogP contribution >= 0.6 is 0 Å². The van der Waals surface area contributed by atoms with Gasteiger partial charge in [-0.05, 0) is 18.2 Å². The number of nitrogens with zero attached hydrogens (tertiary/aromatic N) is 1. The van der Waals surface area contributed by atoms with Gasteiger partial charge >= 0.3 is 0 Å². The van der Waals surface area contributed by atoms with Gasteiger partial charge < -0.3 is 10.6 Å². The molecule has 0 aliphatic heterocycles. The van der Waals surface area contributed by atoms with E-state index in [1.54, 1.807) is 18.2 Å². The van der Waals surface area contributed by atoms with Crippen LogP contribution in [-0.4, -0.2) is 29.6 Å². The molecule has 1 aromatic heterocycles. The molecule has 0 unspecified atom stereocenters. The van der Waals surface area contributed by atoms with Crippen LogP contribution in [-0.2, 0) is 4.79 Å². The zero-order valence-corrected chi connectivity index (χ0v) is 8.57. The Morgan fingerprint density at radius 2 is 2.31 bits per heavy atom. The van der Waals surface area contributed by atoms with Gasteiger partial charge in [0.15, 0.2) is 5.69 Å². The summed E-state index contributed by atoms with van der Waals surface area (Å²) >= 11 is 0. The van der Waals surface area contributed by atoms with Crippen molar-refractivity contribution in [1.82, 2.24) is 15.5 Å². The van der Waals surface area contributed by atoms with Crippen LogP contribution in [0.5, 0.6) is 0 Å². The Kier molecular flexibility index (Phi) is 2.55. The Morgan fingerprint density at radius 1 is 1.50 bits per heavy atom. The molecule has 16 heavy (non-hydrogen) atoms. The number of aromatic nitrogens is 2. The van der Waals surface area contributed by atoms with Crippen molar-refractivity contribution in [1.29, 1.82) is 0 Å². The van der Waals surface area contributed by atoms with E-state index in [1.807, 2.05) is 0 Å². The van der Waals surface area contributed by atoms with Crippen LogP contribution in [0.25, 0.3) is 10.9 Å². The number of hydrogen-bond donors (Lipinski definition) is 3. The van der Waals surface area contributed by atoms with Crippen molar-refractivity contribution in [3.05, 3.63) is 23.9 Å². The molecule has 1 aromatic carbocycles. The predicted octanol–water partition coefficient (Wildman–Crippen LogP) is 0.491. The van der Waals surface area contributed by atoms with Gasteiger partial charge in [-0.3, -0.25) is 14.7 Å². The Labute approximate surface area is 91.0 Å². The number of carbonyl (C=O) groups excluding carboxylic acids is 2. The molecule has 3 N–H and O–H groups in total. The number of hydrogen-bond acceptors (Lipinski definition) is 3. The molecule has 0 atom stereocenters. The first-order valence-electron chi connectivity index (χ1n) is 4.66. The summed E-state index contributed by atoms with van der Waals surface area (Å²) in [6.07, 6.45) is 0.584. The van der Waals surface area contributed by atoms with E-state index < -0.39 is 0 Å². The SMILES string of the molecule is CNC(=O)c1n[nH]c2ccc(NC=O)cc12. The topological polar surface area (TPSA) is 86.9 Å². The van der Waals surface area contributed by atoms with Gasteiger partial charge in [0.2, 0.25) is 6.41 Å². The predicted molar refractivity (Wildman–Crippen MR) is 59.2 cm³/mol. The van der Waals surface area contributed by atoms with Crippen LogP contribution < -0.4 is 10.6 Å². The zero-order chi connectivity index (χ0) is 11.5. The maximum atomic E-state index is 11.5. The first-order valence-corrected chi connectivity index (χ1v) is 4.66. The summed E-state index contributed by atoms with van der Waals surface area (Å²) in [6, 6.07) is 5.17. The normalized spacial score (nSPS) is 10.1. The average molecular weight is 218 g/mol. The zero-order valence-electron chi connectivity index (χ0n) is 8.57. The van der Waals surface area contributed by atoms with Gasteiger partial charge in [-0.2, -0.15) is 5.10 Å². The monoisotopic (exact) mass is 218 g/mol. The van der Waals surface area contributed by atoms with Gasteiger partial charge in [0.05, 0.1) is 5.52 Å². The lowest BCUT2D eigenvalue weighted by Gasteiger charge is -1.99. The number of fused-ring (bicyclic) bond motifs is 1. The molecule has 0 aliphatic carbocycles. The van der Waals surface area contributed by atoms with Gasteiger partial charge in [0.25, 0.3) is 5.91 Å². The molecule has 0 saturated heterocycles. The molecular weight excluding hydrogens is 208 g/mol. The first-order chi connectivity index (χ1) is 7.76. The fourth-order valence-corrected chi connectivity index (χ4v) is 1.46. The summed E-state index contributed by atoms with van der Waals surface area (Å²) in [6.45, 7) is 0. The molecule has 82 valence electrons. The first kappa shape index (κ1) is 10.2. The number of aromatic amines is 1. The van der Waals surface area contributed by atoms with Crippen molar-refractivity contribution in [2.45, 2.75) is 0 Å². The molecule has 0 aliphatic rings. The summed E-state index contributed by atoms with van der Waals surface area (Å²) in [7, 11) is 1.54. The average Bonchev–Trinajstić information content (AvgIpc) is 2.71. The largest absolute Gasteiger partial charge is 0.354 e. The van der Waals surface area contributed by atoms with E-state index in [9.17, 15) is 9.59 Å². The number of carbonyl (C=O) groups is 2. The minimum absolute atomic E-state index is 0.269. The number of amides is 2. The maximum absolute atomic E-state index is 11.5. The van der Waals surface area contributed by atoms with Crippen molar-refractivity contribution in [2.75, 3.05) is 12.4 Å². The Hall–Kier alpha value is -2.37. The Balaban J connectivity index is 2.55. The molecule has 1 heterocycles. The van der Waals surface area contributed by atoms with Crippen LogP contribution in [0.15, 0.2) is 18.2 Å². The smallest absolute Gasteiger partial charge is 0.272 e. The van der Waals surface area contributed by atoms with Crippen LogP contribution in [0, 0.1) is 0 Å². The third-order valence-electron chi connectivity index (χ3n) is 2.23. The minimum atomic E-state index is -0.269. The maximum Gasteiger partial charge on any atom is 0.272 e. The van der Waals surface area contributed by atoms with Crippen molar-refractivity contribution in [3.8, 4) is 0 Å². The molecule has 0 bridgehead atoms. The van der Waals surface area contributed by atoms with E-state index in [0.717, 1.165) is 5.52 Å². The van der Waals surface area contributed by atoms with Crippen molar-refractivity contribution in [2.24, 2.45) is 0 Å². The van der Waals surface area contributed by atoms with Crippen LogP contribution in [0.3, 0.4) is 0 Å². The fourth-order valence-electron chi connectivity index (χ4n) is 1.46. The lowest BCUT2D eigenvalue weighted by Crippen LogP contribution is -2.18. The van der Waals surface area contributed by atoms with Gasteiger partial charge in [-0.15, -0.1) is 0 Å². The van der Waals surface area contributed by atoms with Crippen molar-refractivity contribution >= 4 is 28.9 Å². The highest BCUT2D eigenvalue weighted by Gasteiger charge is 2.12. The number of anilines is 1. The molecule has 6 nitrogen and oxygen atoms in total. The lowest BCUT2D eigenvalue weighted by atomic mass is 10.2.